The summed E-state index contributed by atoms with van der Waals surface area (Å²) in [5, 5.41) is 0. The molecule has 16 heavy (non-hydrogen) atoms. The Morgan fingerprint density at radius 1 is 1.38 bits per heavy atom. The maximum atomic E-state index is 5.84. The van der Waals surface area contributed by atoms with E-state index in [-0.39, 0.29) is 0 Å². The molecule has 0 amide bonds. The van der Waals surface area contributed by atoms with Crippen LogP contribution in [0.15, 0.2) is 6.33 Å². The number of nitrogens with two attached hydrogens (primary N) is 1. The van der Waals surface area contributed by atoms with E-state index in [4.69, 9.17) is 5.73 Å². The number of nitrogen functional groups attached to an aromatic ring is 1. The van der Waals surface area contributed by atoms with Gasteiger partial charge < -0.3 is 15.6 Å². The molecule has 3 N–H and O–H groups in total. The van der Waals surface area contributed by atoms with Crippen LogP contribution in [0.4, 0.5) is 11.8 Å². The van der Waals surface area contributed by atoms with Gasteiger partial charge in [-0.05, 0) is 13.3 Å². The topological polar surface area (TPSA) is 83.7 Å². The number of imidazole rings is 1. The molecule has 0 unspecified atom stereocenters. The molecule has 0 saturated heterocycles. The number of hydrogen-bond acceptors (Lipinski definition) is 5. The molecule has 0 aliphatic heterocycles. The maximum Gasteiger partial charge on any atom is 0.229 e. The van der Waals surface area contributed by atoms with Crippen molar-refractivity contribution in [1.82, 2.24) is 19.9 Å². The van der Waals surface area contributed by atoms with E-state index >= 15 is 0 Å². The highest BCUT2D eigenvalue weighted by molar-refractivity contribution is 5.82. The Morgan fingerprint density at radius 3 is 2.88 bits per heavy atom. The van der Waals surface area contributed by atoms with Gasteiger partial charge in [0.15, 0.2) is 11.5 Å². The van der Waals surface area contributed by atoms with Gasteiger partial charge in [0.25, 0.3) is 0 Å². The van der Waals surface area contributed by atoms with Gasteiger partial charge in [0.2, 0.25) is 5.95 Å². The number of nitrogens with one attached hydrogen (secondary N) is 1. The van der Waals surface area contributed by atoms with Crippen molar-refractivity contribution in [2.45, 2.75) is 20.3 Å². The standard InChI is InChI=1S/C10H16N6/c1-3-5-16(4-2)10-14-8(11)7-9(15-10)13-6-12-7/h6H,3-5H2,1-2H3,(H3,11,12,13,14,15). The molecule has 0 aromatic carbocycles. The second-order valence-corrected chi connectivity index (χ2v) is 3.59. The van der Waals surface area contributed by atoms with Crippen LogP contribution in [0.3, 0.4) is 0 Å². The third-order valence-electron chi connectivity index (χ3n) is 2.46. The Kier molecular flexibility index (Phi) is 2.89. The molecule has 0 aliphatic rings. The average Bonchev–Trinajstić information content (AvgIpc) is 2.74. The molecular formula is C10H16N6. The van der Waals surface area contributed by atoms with Crippen LogP contribution >= 0.6 is 0 Å². The number of anilines is 2. The summed E-state index contributed by atoms with van der Waals surface area (Å²) in [5.41, 5.74) is 7.17. The summed E-state index contributed by atoms with van der Waals surface area (Å²) < 4.78 is 0. The summed E-state index contributed by atoms with van der Waals surface area (Å²) in [7, 11) is 0. The van der Waals surface area contributed by atoms with E-state index in [1.165, 1.54) is 0 Å². The normalized spacial score (nSPS) is 10.9. The van der Waals surface area contributed by atoms with E-state index in [1.807, 2.05) is 0 Å². The van der Waals surface area contributed by atoms with Crippen molar-refractivity contribution in [2.24, 2.45) is 0 Å². The highest BCUT2D eigenvalue weighted by Crippen LogP contribution is 2.17. The van der Waals surface area contributed by atoms with Crippen LogP contribution in [0.1, 0.15) is 20.3 Å². The van der Waals surface area contributed by atoms with Gasteiger partial charge in [-0.3, -0.25) is 0 Å². The van der Waals surface area contributed by atoms with Gasteiger partial charge in [0.05, 0.1) is 6.33 Å². The lowest BCUT2D eigenvalue weighted by atomic mass is 10.4. The molecule has 0 spiro atoms. The van der Waals surface area contributed by atoms with E-state index in [1.54, 1.807) is 6.33 Å². The Morgan fingerprint density at radius 2 is 2.19 bits per heavy atom. The van der Waals surface area contributed by atoms with Crippen molar-refractivity contribution in [3.63, 3.8) is 0 Å². The van der Waals surface area contributed by atoms with Crippen LogP contribution in [-0.2, 0) is 0 Å². The Labute approximate surface area is 93.9 Å². The van der Waals surface area contributed by atoms with Crippen molar-refractivity contribution in [3.8, 4) is 0 Å². The molecule has 6 nitrogen and oxygen atoms in total. The van der Waals surface area contributed by atoms with Crippen LogP contribution in [0, 0.1) is 0 Å². The van der Waals surface area contributed by atoms with Gasteiger partial charge in [-0.1, -0.05) is 6.92 Å². The first-order chi connectivity index (χ1) is 7.76. The number of aromatic amines is 1. The van der Waals surface area contributed by atoms with Gasteiger partial charge in [0, 0.05) is 13.1 Å². The smallest absolute Gasteiger partial charge is 0.229 e. The maximum absolute atomic E-state index is 5.84. The van der Waals surface area contributed by atoms with Gasteiger partial charge in [-0.25, -0.2) is 4.98 Å². The summed E-state index contributed by atoms with van der Waals surface area (Å²) in [5.74, 6) is 1.11. The number of aromatic nitrogens is 4. The van der Waals surface area contributed by atoms with E-state index < -0.39 is 0 Å². The zero-order chi connectivity index (χ0) is 11.5. The van der Waals surface area contributed by atoms with Crippen LogP contribution < -0.4 is 10.6 Å². The van der Waals surface area contributed by atoms with Crippen molar-refractivity contribution in [2.75, 3.05) is 23.7 Å². The molecule has 0 bridgehead atoms. The fourth-order valence-corrected chi connectivity index (χ4v) is 1.65. The summed E-state index contributed by atoms with van der Waals surface area (Å²) >= 11 is 0. The lowest BCUT2D eigenvalue weighted by Crippen LogP contribution is -2.25. The van der Waals surface area contributed by atoms with Crippen LogP contribution in [0.25, 0.3) is 11.2 Å². The van der Waals surface area contributed by atoms with Crippen LogP contribution in [-0.4, -0.2) is 33.0 Å². The predicted molar refractivity (Wildman–Crippen MR) is 64.3 cm³/mol. The first-order valence-corrected chi connectivity index (χ1v) is 5.47. The molecule has 0 aliphatic carbocycles. The Bertz CT molecular complexity index is 477. The number of rotatable bonds is 4. The third-order valence-corrected chi connectivity index (χ3v) is 2.46. The number of fused-ring (bicyclic) bond motifs is 1. The SMILES string of the molecule is CCCN(CC)c1nc(N)c2[nH]cnc2n1. The molecule has 2 aromatic rings. The van der Waals surface area contributed by atoms with Crippen LogP contribution in [0.2, 0.25) is 0 Å². The van der Waals surface area contributed by atoms with Crippen molar-refractivity contribution in [3.05, 3.63) is 6.33 Å². The molecule has 0 saturated carbocycles. The largest absolute Gasteiger partial charge is 0.382 e. The molecular weight excluding hydrogens is 204 g/mol. The monoisotopic (exact) mass is 220 g/mol. The summed E-state index contributed by atoms with van der Waals surface area (Å²) in [4.78, 5) is 17.8. The van der Waals surface area contributed by atoms with E-state index in [9.17, 15) is 0 Å². The first-order valence-electron chi connectivity index (χ1n) is 5.47. The van der Waals surface area contributed by atoms with E-state index in [0.29, 0.717) is 22.9 Å². The first kappa shape index (κ1) is 10.7. The summed E-state index contributed by atoms with van der Waals surface area (Å²) in [6.45, 7) is 5.98. The second kappa shape index (κ2) is 4.34. The summed E-state index contributed by atoms with van der Waals surface area (Å²) in [6.07, 6.45) is 2.63. The number of hydrogen-bond donors (Lipinski definition) is 2. The predicted octanol–water partition coefficient (Wildman–Crippen LogP) is 1.17. The van der Waals surface area contributed by atoms with Crippen molar-refractivity contribution < 1.29 is 0 Å². The third kappa shape index (κ3) is 1.78. The molecule has 86 valence electrons. The fraction of sp³-hybridized carbons (Fsp3) is 0.500. The Hall–Kier alpha value is -1.85. The molecule has 0 radical (unpaired) electrons. The summed E-state index contributed by atoms with van der Waals surface area (Å²) in [6, 6.07) is 0. The lowest BCUT2D eigenvalue weighted by molar-refractivity contribution is 0.765. The minimum absolute atomic E-state index is 0.451. The van der Waals surface area contributed by atoms with Crippen molar-refractivity contribution >= 4 is 22.9 Å². The minimum atomic E-state index is 0.451. The molecule has 0 fully saturated rings. The highest BCUT2D eigenvalue weighted by Gasteiger charge is 2.11. The van der Waals surface area contributed by atoms with Gasteiger partial charge in [-0.15, -0.1) is 0 Å². The highest BCUT2D eigenvalue weighted by atomic mass is 15.3. The quantitative estimate of drug-likeness (QED) is 0.808. The number of nitrogens with zero attached hydrogens (tertiary/aromatic N) is 4. The van der Waals surface area contributed by atoms with Crippen molar-refractivity contribution in [1.29, 1.82) is 0 Å². The fourth-order valence-electron chi connectivity index (χ4n) is 1.65. The minimum Gasteiger partial charge on any atom is -0.382 e. The van der Waals surface area contributed by atoms with Gasteiger partial charge in [0.1, 0.15) is 5.52 Å². The molecule has 0 atom stereocenters. The average molecular weight is 220 g/mol. The number of H-pyrrole nitrogens is 1. The molecule has 2 aromatic heterocycles. The Balaban J connectivity index is 2.43. The molecule has 6 heteroatoms. The second-order valence-electron chi connectivity index (χ2n) is 3.59. The zero-order valence-electron chi connectivity index (χ0n) is 9.56. The van der Waals surface area contributed by atoms with Crippen LogP contribution in [0.5, 0.6) is 0 Å². The zero-order valence-corrected chi connectivity index (χ0v) is 9.56. The van der Waals surface area contributed by atoms with Gasteiger partial charge in [-0.2, -0.15) is 9.97 Å². The molecule has 2 heterocycles. The van der Waals surface area contributed by atoms with E-state index in [2.05, 4.69) is 38.7 Å². The van der Waals surface area contributed by atoms with Gasteiger partial charge >= 0.3 is 0 Å². The molecule has 2 rings (SSSR count). The van der Waals surface area contributed by atoms with E-state index in [0.717, 1.165) is 19.5 Å². The lowest BCUT2D eigenvalue weighted by Gasteiger charge is -2.19.